The first-order valence-corrected chi connectivity index (χ1v) is 10.4. The molecule has 0 bridgehead atoms. The number of sulfonamides is 1. The fraction of sp³-hybridized carbons (Fsp3) is 0.350. The van der Waals surface area contributed by atoms with Crippen LogP contribution in [0, 0.1) is 5.92 Å². The Labute approximate surface area is 160 Å². The summed E-state index contributed by atoms with van der Waals surface area (Å²) in [5.74, 6) is 0.877. The van der Waals surface area contributed by atoms with E-state index in [2.05, 4.69) is 11.6 Å². The zero-order valence-electron chi connectivity index (χ0n) is 15.5. The molecule has 3 rings (SSSR count). The smallest absolute Gasteiger partial charge is 0.262 e. The summed E-state index contributed by atoms with van der Waals surface area (Å²) in [4.78, 5) is 14.6. The Morgan fingerprint density at radius 2 is 1.85 bits per heavy atom. The van der Waals surface area contributed by atoms with E-state index in [9.17, 15) is 13.2 Å². The lowest BCUT2D eigenvalue weighted by molar-refractivity contribution is 0.0683. The van der Waals surface area contributed by atoms with E-state index >= 15 is 0 Å². The maximum atomic E-state index is 12.6. The molecule has 2 aromatic rings. The van der Waals surface area contributed by atoms with Crippen molar-refractivity contribution in [2.75, 3.05) is 24.9 Å². The molecule has 6 nitrogen and oxygen atoms in total. The molecule has 0 spiro atoms. The van der Waals surface area contributed by atoms with Crippen LogP contribution in [0.5, 0.6) is 5.75 Å². The number of benzene rings is 2. The van der Waals surface area contributed by atoms with Gasteiger partial charge in [0.25, 0.3) is 15.9 Å². The molecular formula is C20H24N2O4S. The normalized spacial score (nSPS) is 17.4. The van der Waals surface area contributed by atoms with E-state index in [0.29, 0.717) is 22.9 Å². The molecule has 1 aliphatic heterocycles. The van der Waals surface area contributed by atoms with Gasteiger partial charge in [0.05, 0.1) is 17.7 Å². The highest BCUT2D eigenvalue weighted by molar-refractivity contribution is 7.92. The Morgan fingerprint density at radius 1 is 1.15 bits per heavy atom. The zero-order chi connectivity index (χ0) is 19.4. The van der Waals surface area contributed by atoms with Crippen LogP contribution in [-0.2, 0) is 10.0 Å². The number of para-hydroxylation sites is 2. The lowest BCUT2D eigenvalue weighted by Gasteiger charge is -2.31. The maximum Gasteiger partial charge on any atom is 0.262 e. The molecular weight excluding hydrogens is 364 g/mol. The number of carbonyl (C=O) groups is 1. The van der Waals surface area contributed by atoms with Gasteiger partial charge in [0.1, 0.15) is 5.75 Å². The highest BCUT2D eigenvalue weighted by Gasteiger charge is 2.23. The molecule has 7 heteroatoms. The van der Waals surface area contributed by atoms with Crippen LogP contribution < -0.4 is 9.46 Å². The zero-order valence-corrected chi connectivity index (χ0v) is 16.3. The lowest BCUT2D eigenvalue weighted by atomic mass is 9.99. The van der Waals surface area contributed by atoms with Crippen LogP contribution >= 0.6 is 0 Å². The summed E-state index contributed by atoms with van der Waals surface area (Å²) in [5.41, 5.74) is 0.864. The molecule has 1 saturated heterocycles. The number of likely N-dealkylation sites (tertiary alicyclic amines) is 1. The third-order valence-electron chi connectivity index (χ3n) is 4.71. The van der Waals surface area contributed by atoms with E-state index in [-0.39, 0.29) is 10.8 Å². The molecule has 27 heavy (non-hydrogen) atoms. The number of nitrogens with zero attached hydrogens (tertiary/aromatic N) is 1. The Balaban J connectivity index is 1.77. The van der Waals surface area contributed by atoms with Crippen molar-refractivity contribution in [3.63, 3.8) is 0 Å². The first-order valence-electron chi connectivity index (χ1n) is 8.96. The molecule has 1 N–H and O–H groups in total. The fourth-order valence-electron chi connectivity index (χ4n) is 3.27. The van der Waals surface area contributed by atoms with Crippen molar-refractivity contribution in [1.82, 2.24) is 4.90 Å². The molecule has 0 saturated carbocycles. The van der Waals surface area contributed by atoms with Crippen molar-refractivity contribution in [3.8, 4) is 5.75 Å². The van der Waals surface area contributed by atoms with E-state index in [1.165, 1.54) is 19.2 Å². The monoisotopic (exact) mass is 388 g/mol. The van der Waals surface area contributed by atoms with Crippen molar-refractivity contribution in [2.24, 2.45) is 5.92 Å². The van der Waals surface area contributed by atoms with Gasteiger partial charge in [-0.25, -0.2) is 8.42 Å². The Kier molecular flexibility index (Phi) is 5.70. The van der Waals surface area contributed by atoms with Crippen LogP contribution in [0.15, 0.2) is 53.4 Å². The number of methoxy groups -OCH3 is 1. The molecule has 1 fully saturated rings. The molecule has 0 unspecified atom stereocenters. The summed E-state index contributed by atoms with van der Waals surface area (Å²) in [7, 11) is -2.30. The quantitative estimate of drug-likeness (QED) is 0.852. The number of nitrogens with one attached hydrogen (secondary N) is 1. The van der Waals surface area contributed by atoms with Gasteiger partial charge in [-0.2, -0.15) is 0 Å². The molecule has 0 aliphatic carbocycles. The van der Waals surface area contributed by atoms with Crippen molar-refractivity contribution < 1.29 is 17.9 Å². The van der Waals surface area contributed by atoms with E-state index in [4.69, 9.17) is 4.74 Å². The maximum absolute atomic E-state index is 12.6. The molecule has 1 amide bonds. The third kappa shape index (κ3) is 4.42. The number of ether oxygens (including phenoxy) is 1. The van der Waals surface area contributed by atoms with E-state index in [1.807, 2.05) is 4.90 Å². The van der Waals surface area contributed by atoms with Crippen molar-refractivity contribution in [1.29, 1.82) is 0 Å². The van der Waals surface area contributed by atoms with Gasteiger partial charge in [-0.1, -0.05) is 19.1 Å². The molecule has 1 heterocycles. The van der Waals surface area contributed by atoms with Crippen LogP contribution in [0.4, 0.5) is 5.69 Å². The van der Waals surface area contributed by atoms with Gasteiger partial charge in [-0.05, 0) is 55.2 Å². The summed E-state index contributed by atoms with van der Waals surface area (Å²) in [6.07, 6.45) is 2.14. The largest absolute Gasteiger partial charge is 0.495 e. The van der Waals surface area contributed by atoms with Crippen molar-refractivity contribution in [3.05, 3.63) is 54.1 Å². The minimum Gasteiger partial charge on any atom is -0.495 e. The minimum absolute atomic E-state index is 0.0526. The van der Waals surface area contributed by atoms with Gasteiger partial charge < -0.3 is 9.64 Å². The van der Waals surface area contributed by atoms with Crippen LogP contribution in [0.3, 0.4) is 0 Å². The molecule has 1 aliphatic rings. The summed E-state index contributed by atoms with van der Waals surface area (Å²) in [6, 6.07) is 12.8. The second-order valence-electron chi connectivity index (χ2n) is 6.83. The highest BCUT2D eigenvalue weighted by atomic mass is 32.2. The predicted octanol–water partition coefficient (Wildman–Crippen LogP) is 3.37. The van der Waals surface area contributed by atoms with Gasteiger partial charge in [-0.3, -0.25) is 9.52 Å². The van der Waals surface area contributed by atoms with Gasteiger partial charge >= 0.3 is 0 Å². The summed E-state index contributed by atoms with van der Waals surface area (Å²) < 4.78 is 33.0. The van der Waals surface area contributed by atoms with Crippen LogP contribution in [0.25, 0.3) is 0 Å². The second kappa shape index (κ2) is 8.00. The average molecular weight is 388 g/mol. The van der Waals surface area contributed by atoms with Crippen LogP contribution in [0.2, 0.25) is 0 Å². The van der Waals surface area contributed by atoms with Gasteiger partial charge in [0.2, 0.25) is 0 Å². The average Bonchev–Trinajstić information content (AvgIpc) is 2.67. The van der Waals surface area contributed by atoms with Gasteiger partial charge in [0, 0.05) is 18.7 Å². The first kappa shape index (κ1) is 19.2. The number of amides is 1. The highest BCUT2D eigenvalue weighted by Crippen LogP contribution is 2.26. The third-order valence-corrected chi connectivity index (χ3v) is 6.09. The Morgan fingerprint density at radius 3 is 2.52 bits per heavy atom. The minimum atomic E-state index is -3.78. The number of rotatable bonds is 5. The van der Waals surface area contributed by atoms with Crippen molar-refractivity contribution in [2.45, 2.75) is 24.7 Å². The van der Waals surface area contributed by atoms with E-state index in [0.717, 1.165) is 25.9 Å². The molecule has 0 aromatic heterocycles. The van der Waals surface area contributed by atoms with E-state index in [1.54, 1.807) is 36.4 Å². The first-order chi connectivity index (χ1) is 12.9. The lowest BCUT2D eigenvalue weighted by Crippen LogP contribution is -2.39. The van der Waals surface area contributed by atoms with E-state index < -0.39 is 10.0 Å². The summed E-state index contributed by atoms with van der Waals surface area (Å²) >= 11 is 0. The predicted molar refractivity (Wildman–Crippen MR) is 105 cm³/mol. The second-order valence-corrected chi connectivity index (χ2v) is 8.51. The molecule has 1 atom stereocenters. The fourth-order valence-corrected chi connectivity index (χ4v) is 4.34. The van der Waals surface area contributed by atoms with Gasteiger partial charge in [-0.15, -0.1) is 0 Å². The standard InChI is InChI=1S/C20H24N2O4S/c1-15-6-5-13-22(14-15)20(23)16-9-11-17(12-10-16)27(24,25)21-18-7-3-4-8-19(18)26-2/h3-4,7-12,15,21H,5-6,13-14H2,1-2H3/t15-/m1/s1. The molecule has 2 aromatic carbocycles. The molecule has 0 radical (unpaired) electrons. The summed E-state index contributed by atoms with van der Waals surface area (Å²) in [6.45, 7) is 3.63. The number of carbonyl (C=O) groups excluding carboxylic acids is 1. The Hall–Kier alpha value is -2.54. The summed E-state index contributed by atoms with van der Waals surface area (Å²) in [5, 5.41) is 0. The van der Waals surface area contributed by atoms with Crippen LogP contribution in [-0.4, -0.2) is 39.4 Å². The van der Waals surface area contributed by atoms with Gasteiger partial charge in [0.15, 0.2) is 0 Å². The SMILES string of the molecule is COc1ccccc1NS(=O)(=O)c1ccc(C(=O)N2CCC[C@@H](C)C2)cc1. The van der Waals surface area contributed by atoms with Crippen molar-refractivity contribution >= 4 is 21.6 Å². The Bertz CT molecular complexity index is 910. The number of piperidine rings is 1. The topological polar surface area (TPSA) is 75.7 Å². The number of hydrogen-bond acceptors (Lipinski definition) is 4. The number of hydrogen-bond donors (Lipinski definition) is 1. The molecule has 144 valence electrons. The van der Waals surface area contributed by atoms with Crippen LogP contribution in [0.1, 0.15) is 30.1 Å². The number of anilines is 1.